The van der Waals surface area contributed by atoms with E-state index in [0.29, 0.717) is 0 Å². The first kappa shape index (κ1) is 45.1. The van der Waals surface area contributed by atoms with Crippen molar-refractivity contribution in [2.45, 2.75) is 221 Å². The van der Waals surface area contributed by atoms with Gasteiger partial charge >= 0.3 is 11.9 Å². The maximum atomic E-state index is 11.1. The molecule has 0 aromatic carbocycles. The third-order valence-electron chi connectivity index (χ3n) is 9.48. The Balaban J connectivity index is 0. The normalized spacial score (nSPS) is 12.7. The van der Waals surface area contributed by atoms with Gasteiger partial charge in [-0.25, -0.2) is 0 Å². The monoisotopic (exact) mass is 625 g/mol. The van der Waals surface area contributed by atoms with E-state index in [1.54, 1.807) is 0 Å². The molecular formula is C40H80O4. The van der Waals surface area contributed by atoms with Crippen LogP contribution in [0, 0.1) is 23.7 Å². The summed E-state index contributed by atoms with van der Waals surface area (Å²) < 4.78 is 0. The van der Waals surface area contributed by atoms with Gasteiger partial charge in [0.15, 0.2) is 0 Å². The van der Waals surface area contributed by atoms with Crippen LogP contribution in [-0.2, 0) is 9.59 Å². The second kappa shape index (κ2) is 34.8. The fourth-order valence-corrected chi connectivity index (χ4v) is 6.25. The summed E-state index contributed by atoms with van der Waals surface area (Å²) >= 11 is 0. The largest absolute Gasteiger partial charge is 0.481 e. The lowest BCUT2D eigenvalue weighted by Crippen LogP contribution is -2.19. The average Bonchev–Trinajstić information content (AvgIpc) is 2.97. The molecule has 0 radical (unpaired) electrons. The number of rotatable bonds is 32. The molecule has 0 aromatic rings. The minimum atomic E-state index is -0.618. The Kier molecular flexibility index (Phi) is 35.6. The van der Waals surface area contributed by atoms with Gasteiger partial charge in [-0.15, -0.1) is 0 Å². The summed E-state index contributed by atoms with van der Waals surface area (Å²) in [6.07, 6.45) is 36.6. The molecule has 0 saturated heterocycles. The molecule has 0 aliphatic carbocycles. The molecule has 0 heterocycles. The van der Waals surface area contributed by atoms with Crippen LogP contribution < -0.4 is 0 Å². The van der Waals surface area contributed by atoms with Crippen molar-refractivity contribution < 1.29 is 19.8 Å². The van der Waals surface area contributed by atoms with E-state index in [9.17, 15) is 9.59 Å². The number of hydrogen-bond acceptors (Lipinski definition) is 2. The van der Waals surface area contributed by atoms with Crippen LogP contribution in [0.15, 0.2) is 0 Å². The van der Waals surface area contributed by atoms with Crippen LogP contribution in [0.5, 0.6) is 0 Å². The highest BCUT2D eigenvalue weighted by atomic mass is 16.4. The molecule has 2 atom stereocenters. The van der Waals surface area contributed by atoms with Crippen molar-refractivity contribution in [2.75, 3.05) is 0 Å². The Morgan fingerprint density at radius 3 is 0.705 bits per heavy atom. The molecule has 2 unspecified atom stereocenters. The highest BCUT2D eigenvalue weighted by Gasteiger charge is 2.21. The van der Waals surface area contributed by atoms with E-state index < -0.39 is 11.9 Å². The number of hydrogen-bond donors (Lipinski definition) is 2. The Morgan fingerprint density at radius 2 is 0.545 bits per heavy atom. The van der Waals surface area contributed by atoms with E-state index >= 15 is 0 Å². The molecule has 264 valence electrons. The molecule has 4 heteroatoms. The lowest BCUT2D eigenvalue weighted by atomic mass is 9.90. The lowest BCUT2D eigenvalue weighted by Gasteiger charge is -2.15. The molecule has 0 aromatic heterocycles. The predicted molar refractivity (Wildman–Crippen MR) is 193 cm³/mol. The van der Waals surface area contributed by atoms with Crippen LogP contribution >= 0.6 is 0 Å². The molecule has 0 bridgehead atoms. The first-order valence-corrected chi connectivity index (χ1v) is 19.6. The van der Waals surface area contributed by atoms with Gasteiger partial charge in [0.05, 0.1) is 11.8 Å². The molecule has 44 heavy (non-hydrogen) atoms. The number of carboxylic acids is 2. The highest BCUT2D eigenvalue weighted by molar-refractivity contribution is 5.70. The fraction of sp³-hybridized carbons (Fsp3) is 0.950. The summed E-state index contributed by atoms with van der Waals surface area (Å²) in [6, 6.07) is 0. The molecule has 4 nitrogen and oxygen atoms in total. The zero-order valence-corrected chi connectivity index (χ0v) is 30.8. The molecule has 0 aliphatic rings. The minimum Gasteiger partial charge on any atom is -0.481 e. The molecular weight excluding hydrogens is 544 g/mol. The van der Waals surface area contributed by atoms with Crippen molar-refractivity contribution in [2.24, 2.45) is 23.7 Å². The van der Waals surface area contributed by atoms with Gasteiger partial charge in [-0.1, -0.05) is 208 Å². The van der Waals surface area contributed by atoms with Crippen molar-refractivity contribution in [3.63, 3.8) is 0 Å². The summed E-state index contributed by atoms with van der Waals surface area (Å²) in [5, 5.41) is 18.3. The number of aliphatic carboxylic acids is 2. The van der Waals surface area contributed by atoms with Crippen LogP contribution in [0.4, 0.5) is 0 Å². The van der Waals surface area contributed by atoms with E-state index in [4.69, 9.17) is 10.2 Å². The van der Waals surface area contributed by atoms with E-state index in [-0.39, 0.29) is 23.7 Å². The maximum Gasteiger partial charge on any atom is 0.306 e. The predicted octanol–water partition coefficient (Wildman–Crippen LogP) is 13.6. The number of unbranched alkanes of at least 4 members (excludes halogenated alkanes) is 24. The topological polar surface area (TPSA) is 74.6 Å². The molecule has 0 rings (SSSR count). The zero-order chi connectivity index (χ0) is 33.3. The molecule has 0 spiro atoms. The van der Waals surface area contributed by atoms with Gasteiger partial charge in [-0.3, -0.25) is 9.59 Å². The van der Waals surface area contributed by atoms with Gasteiger partial charge < -0.3 is 10.2 Å². The first-order chi connectivity index (χ1) is 21.2. The molecule has 0 aliphatic heterocycles. The summed E-state index contributed by atoms with van der Waals surface area (Å²) in [4.78, 5) is 22.2. The third kappa shape index (κ3) is 32.3. The van der Waals surface area contributed by atoms with E-state index in [0.717, 1.165) is 25.7 Å². The summed E-state index contributed by atoms with van der Waals surface area (Å²) in [6.45, 7) is 12.6. The summed E-state index contributed by atoms with van der Waals surface area (Å²) in [5.74, 6) is -1.01. The highest BCUT2D eigenvalue weighted by Crippen LogP contribution is 2.21. The SMILES string of the molecule is CCCCCCCCCCCCCCC(C(=O)O)C(C)C.CCCCCCCCCCCCCCCCC(C(=O)O)C(C)C. The third-order valence-corrected chi connectivity index (χ3v) is 9.48. The van der Waals surface area contributed by atoms with Crippen LogP contribution in [0.1, 0.15) is 221 Å². The van der Waals surface area contributed by atoms with Gasteiger partial charge in [0.25, 0.3) is 0 Å². The number of carboxylic acid groups (broad SMARTS) is 2. The van der Waals surface area contributed by atoms with Crippen LogP contribution in [0.3, 0.4) is 0 Å². The van der Waals surface area contributed by atoms with Crippen molar-refractivity contribution in [1.82, 2.24) is 0 Å². The number of carbonyl (C=O) groups is 2. The van der Waals surface area contributed by atoms with Gasteiger partial charge in [-0.05, 0) is 24.7 Å². The van der Waals surface area contributed by atoms with Crippen LogP contribution in [0.2, 0.25) is 0 Å². The van der Waals surface area contributed by atoms with Crippen molar-refractivity contribution in [3.8, 4) is 0 Å². The molecule has 0 amide bonds. The minimum absolute atomic E-state index is 0.145. The Hall–Kier alpha value is -1.06. The van der Waals surface area contributed by atoms with E-state index in [1.807, 2.05) is 27.7 Å². The summed E-state index contributed by atoms with van der Waals surface area (Å²) in [5.41, 5.74) is 0. The standard InChI is InChI=1S/C21H42O2.C19H38O2/c1-4-5-6-7-8-9-10-11-12-13-14-15-16-17-18-20(19(2)3)21(22)23;1-4-5-6-7-8-9-10-11-12-13-14-15-16-18(17(2)3)19(20)21/h19-20H,4-18H2,1-3H3,(H,22,23);17-18H,4-16H2,1-3H3,(H,20,21). The second-order valence-electron chi connectivity index (χ2n) is 14.4. The maximum absolute atomic E-state index is 11.1. The second-order valence-corrected chi connectivity index (χ2v) is 14.4. The van der Waals surface area contributed by atoms with Crippen molar-refractivity contribution in [3.05, 3.63) is 0 Å². The van der Waals surface area contributed by atoms with Gasteiger partial charge in [-0.2, -0.15) is 0 Å². The quantitative estimate of drug-likeness (QED) is 0.0730. The van der Waals surface area contributed by atoms with Crippen molar-refractivity contribution >= 4 is 11.9 Å². The van der Waals surface area contributed by atoms with E-state index in [2.05, 4.69) is 13.8 Å². The fourth-order valence-electron chi connectivity index (χ4n) is 6.25. The van der Waals surface area contributed by atoms with Crippen molar-refractivity contribution in [1.29, 1.82) is 0 Å². The first-order valence-electron chi connectivity index (χ1n) is 19.6. The lowest BCUT2D eigenvalue weighted by molar-refractivity contribution is -0.144. The Morgan fingerprint density at radius 1 is 0.364 bits per heavy atom. The summed E-state index contributed by atoms with van der Waals surface area (Å²) in [7, 11) is 0. The van der Waals surface area contributed by atoms with Crippen LogP contribution in [-0.4, -0.2) is 22.2 Å². The zero-order valence-electron chi connectivity index (χ0n) is 30.8. The van der Waals surface area contributed by atoms with Gasteiger partial charge in [0, 0.05) is 0 Å². The Bertz CT molecular complexity index is 600. The Labute approximate surface area is 276 Å². The molecule has 0 fully saturated rings. The molecule has 2 N–H and O–H groups in total. The molecule has 0 saturated carbocycles. The average molecular weight is 625 g/mol. The van der Waals surface area contributed by atoms with Crippen LogP contribution in [0.25, 0.3) is 0 Å². The smallest absolute Gasteiger partial charge is 0.306 e. The van der Waals surface area contributed by atoms with E-state index in [1.165, 1.54) is 154 Å². The van der Waals surface area contributed by atoms with Gasteiger partial charge in [0.2, 0.25) is 0 Å². The van der Waals surface area contributed by atoms with Gasteiger partial charge in [0.1, 0.15) is 0 Å².